The normalized spacial score (nSPS) is 11.4. The molecule has 2 heterocycles. The number of benzene rings is 2. The molecule has 2 aromatic carbocycles. The summed E-state index contributed by atoms with van der Waals surface area (Å²) in [6.45, 7) is 1.60. The lowest BCUT2D eigenvalue weighted by molar-refractivity contribution is 0.190. The second-order valence-corrected chi connectivity index (χ2v) is 8.09. The number of halogens is 1. The summed E-state index contributed by atoms with van der Waals surface area (Å²) in [6, 6.07) is 14.8. The van der Waals surface area contributed by atoms with Gasteiger partial charge < -0.3 is 9.47 Å². The fourth-order valence-corrected chi connectivity index (χ4v) is 4.10. The predicted octanol–water partition coefficient (Wildman–Crippen LogP) is 3.91. The Balaban J connectivity index is 1.59. The SMILES string of the molecule is COCCCn1c(=O)c2ccccc2n2c(SCCOc3ccc(Cl)cc3)nnc12. The highest BCUT2D eigenvalue weighted by Crippen LogP contribution is 2.22. The molecule has 0 aliphatic carbocycles. The molecular formula is C21H21ClN4O3S. The second kappa shape index (κ2) is 9.51. The number of nitrogens with zero attached hydrogens (tertiary/aromatic N) is 4. The van der Waals surface area contributed by atoms with Gasteiger partial charge in [0, 0.05) is 31.0 Å². The van der Waals surface area contributed by atoms with Crippen molar-refractivity contribution in [2.24, 2.45) is 0 Å². The van der Waals surface area contributed by atoms with Gasteiger partial charge in [0.1, 0.15) is 5.75 Å². The minimum Gasteiger partial charge on any atom is -0.493 e. The molecule has 0 saturated heterocycles. The van der Waals surface area contributed by atoms with Crippen LogP contribution in [0.25, 0.3) is 16.7 Å². The van der Waals surface area contributed by atoms with Gasteiger partial charge in [0.2, 0.25) is 5.78 Å². The van der Waals surface area contributed by atoms with E-state index in [1.165, 1.54) is 11.8 Å². The average molecular weight is 445 g/mol. The zero-order valence-electron chi connectivity index (χ0n) is 16.5. The Kier molecular flexibility index (Phi) is 6.56. The van der Waals surface area contributed by atoms with E-state index in [0.29, 0.717) is 48.1 Å². The van der Waals surface area contributed by atoms with Crippen LogP contribution < -0.4 is 10.3 Å². The van der Waals surface area contributed by atoms with Gasteiger partial charge in [-0.1, -0.05) is 35.5 Å². The maximum atomic E-state index is 13.0. The third kappa shape index (κ3) is 4.30. The first-order valence-electron chi connectivity index (χ1n) is 9.56. The average Bonchev–Trinajstić information content (AvgIpc) is 3.19. The van der Waals surface area contributed by atoms with Crippen LogP contribution in [0, 0.1) is 0 Å². The first-order valence-corrected chi connectivity index (χ1v) is 10.9. The maximum Gasteiger partial charge on any atom is 0.262 e. The van der Waals surface area contributed by atoms with Crippen LogP contribution >= 0.6 is 23.4 Å². The van der Waals surface area contributed by atoms with E-state index in [9.17, 15) is 4.79 Å². The van der Waals surface area contributed by atoms with Crippen LogP contribution in [0.3, 0.4) is 0 Å². The summed E-state index contributed by atoms with van der Waals surface area (Å²) in [4.78, 5) is 13.0. The molecule has 156 valence electrons. The van der Waals surface area contributed by atoms with E-state index >= 15 is 0 Å². The van der Waals surface area contributed by atoms with Crippen molar-refractivity contribution in [3.8, 4) is 5.75 Å². The number of ether oxygens (including phenoxy) is 2. The molecule has 0 N–H and O–H groups in total. The highest BCUT2D eigenvalue weighted by Gasteiger charge is 2.16. The summed E-state index contributed by atoms with van der Waals surface area (Å²) in [5.74, 6) is 1.99. The van der Waals surface area contributed by atoms with Gasteiger partial charge >= 0.3 is 0 Å². The van der Waals surface area contributed by atoms with E-state index in [-0.39, 0.29) is 5.56 Å². The molecule has 0 aliphatic heterocycles. The molecule has 0 atom stereocenters. The molecule has 4 aromatic rings. The van der Waals surface area contributed by atoms with Crippen molar-refractivity contribution in [3.05, 3.63) is 63.9 Å². The van der Waals surface area contributed by atoms with Crippen molar-refractivity contribution in [2.45, 2.75) is 18.1 Å². The Hall–Kier alpha value is -2.55. The molecule has 2 aromatic heterocycles. The number of hydrogen-bond acceptors (Lipinski definition) is 6. The monoisotopic (exact) mass is 444 g/mol. The van der Waals surface area contributed by atoms with E-state index in [1.807, 2.05) is 40.8 Å². The minimum absolute atomic E-state index is 0.0655. The van der Waals surface area contributed by atoms with E-state index < -0.39 is 0 Å². The Bertz CT molecular complexity index is 1210. The first kappa shape index (κ1) is 20.7. The van der Waals surface area contributed by atoms with Gasteiger partial charge in [-0.25, -0.2) is 0 Å². The van der Waals surface area contributed by atoms with E-state index in [4.69, 9.17) is 21.1 Å². The molecule has 30 heavy (non-hydrogen) atoms. The number of rotatable bonds is 9. The van der Waals surface area contributed by atoms with Crippen molar-refractivity contribution in [1.29, 1.82) is 0 Å². The lowest BCUT2D eigenvalue weighted by atomic mass is 10.2. The number of hydrogen-bond donors (Lipinski definition) is 0. The van der Waals surface area contributed by atoms with Crippen LogP contribution in [0.4, 0.5) is 0 Å². The lowest BCUT2D eigenvalue weighted by Crippen LogP contribution is -2.24. The standard InChI is InChI=1S/C21H21ClN4O3S/c1-28-12-4-11-25-19(27)17-5-2-3-6-18(17)26-20(25)23-24-21(26)30-14-13-29-16-9-7-15(22)8-10-16/h2-3,5-10H,4,11-14H2,1H3. The van der Waals surface area contributed by atoms with Gasteiger partial charge in [0.05, 0.1) is 17.5 Å². The number of methoxy groups -OCH3 is 1. The Labute approximate surface area is 182 Å². The molecule has 0 fully saturated rings. The van der Waals surface area contributed by atoms with Gasteiger partial charge in [-0.05, 0) is 42.8 Å². The molecule has 0 amide bonds. The molecule has 0 bridgehead atoms. The quantitative estimate of drug-likeness (QED) is 0.288. The number of aryl methyl sites for hydroxylation is 1. The zero-order chi connectivity index (χ0) is 20.9. The fraction of sp³-hybridized carbons (Fsp3) is 0.286. The number of para-hydroxylation sites is 1. The Morgan fingerprint density at radius 1 is 1.07 bits per heavy atom. The molecule has 9 heteroatoms. The molecule has 7 nitrogen and oxygen atoms in total. The molecule has 0 unspecified atom stereocenters. The number of aromatic nitrogens is 4. The summed E-state index contributed by atoms with van der Waals surface area (Å²) in [7, 11) is 1.65. The highest BCUT2D eigenvalue weighted by atomic mass is 35.5. The van der Waals surface area contributed by atoms with Crippen molar-refractivity contribution < 1.29 is 9.47 Å². The van der Waals surface area contributed by atoms with Crippen molar-refractivity contribution in [2.75, 3.05) is 26.1 Å². The molecule has 0 spiro atoms. The molecule has 0 radical (unpaired) electrons. The molecule has 4 rings (SSSR count). The van der Waals surface area contributed by atoms with Gasteiger partial charge in [-0.2, -0.15) is 0 Å². The second-order valence-electron chi connectivity index (χ2n) is 6.59. The third-order valence-corrected chi connectivity index (χ3v) is 5.75. The van der Waals surface area contributed by atoms with E-state index in [0.717, 1.165) is 16.4 Å². The van der Waals surface area contributed by atoms with Crippen LogP contribution in [-0.2, 0) is 11.3 Å². The summed E-state index contributed by atoms with van der Waals surface area (Å²) in [5.41, 5.74) is 0.732. The summed E-state index contributed by atoms with van der Waals surface area (Å²) in [6.07, 6.45) is 0.717. The van der Waals surface area contributed by atoms with Gasteiger partial charge in [0.15, 0.2) is 5.16 Å². The number of fused-ring (bicyclic) bond motifs is 3. The third-order valence-electron chi connectivity index (χ3n) is 4.61. The zero-order valence-corrected chi connectivity index (χ0v) is 18.0. The van der Waals surface area contributed by atoms with Crippen LogP contribution in [0.5, 0.6) is 5.75 Å². The smallest absolute Gasteiger partial charge is 0.262 e. The summed E-state index contributed by atoms with van der Waals surface area (Å²) < 4.78 is 14.5. The van der Waals surface area contributed by atoms with Crippen LogP contribution in [0.2, 0.25) is 5.02 Å². The lowest BCUT2D eigenvalue weighted by Gasteiger charge is -2.11. The van der Waals surface area contributed by atoms with Gasteiger partial charge in [-0.15, -0.1) is 10.2 Å². The van der Waals surface area contributed by atoms with Crippen LogP contribution in [-0.4, -0.2) is 45.2 Å². The molecule has 0 saturated carbocycles. The summed E-state index contributed by atoms with van der Waals surface area (Å²) >= 11 is 7.43. The molecular weight excluding hydrogens is 424 g/mol. The minimum atomic E-state index is -0.0655. The van der Waals surface area contributed by atoms with Crippen molar-refractivity contribution in [3.63, 3.8) is 0 Å². The summed E-state index contributed by atoms with van der Waals surface area (Å²) in [5, 5.41) is 10.7. The van der Waals surface area contributed by atoms with Crippen molar-refractivity contribution in [1.82, 2.24) is 19.2 Å². The first-order chi connectivity index (χ1) is 14.7. The Morgan fingerprint density at radius 2 is 1.87 bits per heavy atom. The largest absolute Gasteiger partial charge is 0.493 e. The molecule has 0 aliphatic rings. The number of thioether (sulfide) groups is 1. The maximum absolute atomic E-state index is 13.0. The van der Waals surface area contributed by atoms with Crippen LogP contribution in [0.15, 0.2) is 58.5 Å². The Morgan fingerprint density at radius 3 is 2.67 bits per heavy atom. The highest BCUT2D eigenvalue weighted by molar-refractivity contribution is 7.99. The predicted molar refractivity (Wildman–Crippen MR) is 119 cm³/mol. The topological polar surface area (TPSA) is 70.7 Å². The van der Waals surface area contributed by atoms with Gasteiger partial charge in [0.25, 0.3) is 5.56 Å². The van der Waals surface area contributed by atoms with E-state index in [2.05, 4.69) is 10.2 Å². The van der Waals surface area contributed by atoms with Crippen LogP contribution in [0.1, 0.15) is 6.42 Å². The van der Waals surface area contributed by atoms with Crippen molar-refractivity contribution >= 4 is 40.0 Å². The fourth-order valence-electron chi connectivity index (χ4n) is 3.22. The van der Waals surface area contributed by atoms with E-state index in [1.54, 1.807) is 23.8 Å². The van der Waals surface area contributed by atoms with Gasteiger partial charge in [-0.3, -0.25) is 13.8 Å².